The lowest BCUT2D eigenvalue weighted by Crippen LogP contribution is -1.98. The Bertz CT molecular complexity index is 1290. The Kier molecular flexibility index (Phi) is 5.03. The maximum Gasteiger partial charge on any atom is 0.175 e. The Morgan fingerprint density at radius 2 is 1.62 bits per heavy atom. The first kappa shape index (κ1) is 19.4. The predicted octanol–water partition coefficient (Wildman–Crippen LogP) is 5.57. The van der Waals surface area contributed by atoms with Crippen molar-refractivity contribution in [2.24, 2.45) is 0 Å². The summed E-state index contributed by atoms with van der Waals surface area (Å²) in [5.41, 5.74) is 4.50. The lowest BCUT2D eigenvalue weighted by molar-refractivity contribution is 0.602. The second kappa shape index (κ2) is 7.50. The molecule has 0 fully saturated rings. The highest BCUT2D eigenvalue weighted by Gasteiger charge is 2.13. The fourth-order valence-corrected chi connectivity index (χ4v) is 4.13. The molecule has 29 heavy (non-hydrogen) atoms. The van der Waals surface area contributed by atoms with Crippen molar-refractivity contribution in [2.45, 2.75) is 11.8 Å². The van der Waals surface area contributed by atoms with Gasteiger partial charge >= 0.3 is 0 Å². The van der Waals surface area contributed by atoms with Gasteiger partial charge in [-0.2, -0.15) is 0 Å². The van der Waals surface area contributed by atoms with Crippen LogP contribution in [0.15, 0.2) is 83.9 Å². The first-order chi connectivity index (χ1) is 13.8. The minimum atomic E-state index is -3.25. The number of imidazole rings is 1. The fourth-order valence-electron chi connectivity index (χ4n) is 3.25. The standard InChI is InChI=1S/C23H19ClN2O2S/c1-16-15-26(23(25-16)21-8-3-4-9-22(21)24)19-12-10-17(11-13-19)18-6-5-7-20(14-18)29(2,27)28/h3-15H,1-2H3. The van der Waals surface area contributed by atoms with Gasteiger partial charge in [0.15, 0.2) is 9.84 Å². The van der Waals surface area contributed by atoms with Crippen molar-refractivity contribution in [1.82, 2.24) is 9.55 Å². The van der Waals surface area contributed by atoms with E-state index in [0.717, 1.165) is 33.9 Å². The van der Waals surface area contributed by atoms with Crippen LogP contribution in [0, 0.1) is 6.92 Å². The highest BCUT2D eigenvalue weighted by Crippen LogP contribution is 2.30. The number of hydrogen-bond donors (Lipinski definition) is 0. The van der Waals surface area contributed by atoms with E-state index in [2.05, 4.69) is 4.98 Å². The van der Waals surface area contributed by atoms with Gasteiger partial charge in [-0.3, -0.25) is 4.57 Å². The number of hydrogen-bond acceptors (Lipinski definition) is 3. The molecule has 0 spiro atoms. The van der Waals surface area contributed by atoms with Crippen molar-refractivity contribution in [3.63, 3.8) is 0 Å². The highest BCUT2D eigenvalue weighted by molar-refractivity contribution is 7.90. The van der Waals surface area contributed by atoms with Crippen LogP contribution < -0.4 is 0 Å². The van der Waals surface area contributed by atoms with Crippen LogP contribution in [-0.2, 0) is 9.84 Å². The molecule has 4 nitrogen and oxygen atoms in total. The maximum atomic E-state index is 11.8. The minimum absolute atomic E-state index is 0.310. The molecular weight excluding hydrogens is 404 g/mol. The summed E-state index contributed by atoms with van der Waals surface area (Å²) in [5, 5.41) is 0.647. The molecule has 0 N–H and O–H groups in total. The van der Waals surface area contributed by atoms with E-state index in [0.29, 0.717) is 9.92 Å². The number of aryl methyl sites for hydroxylation is 1. The van der Waals surface area contributed by atoms with Crippen LogP contribution in [-0.4, -0.2) is 24.2 Å². The first-order valence-corrected chi connectivity index (χ1v) is 11.3. The number of sulfone groups is 1. The van der Waals surface area contributed by atoms with E-state index >= 15 is 0 Å². The van der Waals surface area contributed by atoms with Crippen LogP contribution in [0.1, 0.15) is 5.69 Å². The average Bonchev–Trinajstić information content (AvgIpc) is 3.09. The Morgan fingerprint density at radius 1 is 0.897 bits per heavy atom. The van der Waals surface area contributed by atoms with Gasteiger partial charge in [-0.25, -0.2) is 13.4 Å². The Hall–Kier alpha value is -2.89. The Labute approximate surface area is 175 Å². The van der Waals surface area contributed by atoms with Crippen molar-refractivity contribution in [3.05, 3.63) is 89.7 Å². The van der Waals surface area contributed by atoms with E-state index in [-0.39, 0.29) is 0 Å². The largest absolute Gasteiger partial charge is 0.299 e. The summed E-state index contributed by atoms with van der Waals surface area (Å²) < 4.78 is 25.7. The van der Waals surface area contributed by atoms with Gasteiger partial charge in [-0.05, 0) is 54.4 Å². The van der Waals surface area contributed by atoms with Gasteiger partial charge in [0, 0.05) is 23.7 Å². The number of rotatable bonds is 4. The van der Waals surface area contributed by atoms with E-state index < -0.39 is 9.84 Å². The van der Waals surface area contributed by atoms with Crippen LogP contribution in [0.4, 0.5) is 0 Å². The quantitative estimate of drug-likeness (QED) is 0.432. The summed E-state index contributed by atoms with van der Waals surface area (Å²) >= 11 is 6.38. The molecule has 0 atom stereocenters. The summed E-state index contributed by atoms with van der Waals surface area (Å²) in [5.74, 6) is 0.778. The van der Waals surface area contributed by atoms with E-state index in [1.54, 1.807) is 18.2 Å². The summed E-state index contributed by atoms with van der Waals surface area (Å²) in [7, 11) is -3.25. The third kappa shape index (κ3) is 3.97. The second-order valence-electron chi connectivity index (χ2n) is 6.90. The van der Waals surface area contributed by atoms with Crippen LogP contribution in [0.25, 0.3) is 28.2 Å². The molecule has 6 heteroatoms. The van der Waals surface area contributed by atoms with Gasteiger partial charge in [-0.15, -0.1) is 0 Å². The lowest BCUT2D eigenvalue weighted by Gasteiger charge is -2.10. The SMILES string of the molecule is Cc1cn(-c2ccc(-c3cccc(S(C)(=O)=O)c3)cc2)c(-c2ccccc2Cl)n1. The lowest BCUT2D eigenvalue weighted by atomic mass is 10.1. The zero-order valence-corrected chi connectivity index (χ0v) is 17.6. The molecule has 0 saturated carbocycles. The van der Waals surface area contributed by atoms with Gasteiger partial charge in [0.05, 0.1) is 15.6 Å². The molecule has 0 saturated heterocycles. The third-order valence-electron chi connectivity index (χ3n) is 4.68. The first-order valence-electron chi connectivity index (χ1n) is 9.05. The van der Waals surface area contributed by atoms with E-state index in [1.165, 1.54) is 6.26 Å². The molecule has 1 heterocycles. The predicted molar refractivity (Wildman–Crippen MR) is 117 cm³/mol. The number of nitrogens with zero attached hydrogens (tertiary/aromatic N) is 2. The van der Waals surface area contributed by atoms with Gasteiger partial charge in [0.2, 0.25) is 0 Å². The molecule has 146 valence electrons. The summed E-state index contributed by atoms with van der Waals surface area (Å²) in [4.78, 5) is 4.96. The van der Waals surface area contributed by atoms with Crippen molar-refractivity contribution < 1.29 is 8.42 Å². The van der Waals surface area contributed by atoms with Crippen molar-refractivity contribution in [1.29, 1.82) is 0 Å². The average molecular weight is 423 g/mol. The van der Waals surface area contributed by atoms with E-state index in [4.69, 9.17) is 11.6 Å². The normalized spacial score (nSPS) is 11.6. The van der Waals surface area contributed by atoms with Gasteiger partial charge < -0.3 is 0 Å². The molecule has 4 aromatic rings. The highest BCUT2D eigenvalue weighted by atomic mass is 35.5. The molecule has 4 rings (SSSR count). The number of benzene rings is 3. The van der Waals surface area contributed by atoms with Crippen molar-refractivity contribution in [2.75, 3.05) is 6.26 Å². The summed E-state index contributed by atoms with van der Waals surface area (Å²) in [6.45, 7) is 1.95. The molecule has 3 aromatic carbocycles. The zero-order valence-electron chi connectivity index (χ0n) is 16.0. The topological polar surface area (TPSA) is 52.0 Å². The molecule has 0 radical (unpaired) electrons. The van der Waals surface area contributed by atoms with E-state index in [9.17, 15) is 8.42 Å². The summed E-state index contributed by atoms with van der Waals surface area (Å²) in [6, 6.07) is 22.5. The maximum absolute atomic E-state index is 11.8. The van der Waals surface area contributed by atoms with E-state index in [1.807, 2.05) is 72.3 Å². The number of aromatic nitrogens is 2. The van der Waals surface area contributed by atoms with Crippen molar-refractivity contribution >= 4 is 21.4 Å². The molecule has 0 bridgehead atoms. The fraction of sp³-hybridized carbons (Fsp3) is 0.0870. The third-order valence-corrected chi connectivity index (χ3v) is 6.12. The molecule has 0 aliphatic carbocycles. The smallest absolute Gasteiger partial charge is 0.175 e. The van der Waals surface area contributed by atoms with Crippen LogP contribution in [0.5, 0.6) is 0 Å². The van der Waals surface area contributed by atoms with Gasteiger partial charge in [0.1, 0.15) is 5.82 Å². The zero-order chi connectivity index (χ0) is 20.6. The molecule has 0 unspecified atom stereocenters. The molecular formula is C23H19ClN2O2S. The van der Waals surface area contributed by atoms with Gasteiger partial charge in [0.25, 0.3) is 0 Å². The van der Waals surface area contributed by atoms with Gasteiger partial charge in [-0.1, -0.05) is 48.0 Å². The molecule has 0 aliphatic heterocycles. The molecule has 1 aromatic heterocycles. The second-order valence-corrected chi connectivity index (χ2v) is 9.33. The van der Waals surface area contributed by atoms with Crippen LogP contribution in [0.3, 0.4) is 0 Å². The molecule has 0 amide bonds. The summed E-state index contributed by atoms with van der Waals surface area (Å²) in [6.07, 6.45) is 3.19. The Balaban J connectivity index is 1.74. The monoisotopic (exact) mass is 422 g/mol. The molecule has 0 aliphatic rings. The number of halogens is 1. The van der Waals surface area contributed by atoms with Crippen LogP contribution in [0.2, 0.25) is 5.02 Å². The van der Waals surface area contributed by atoms with Crippen molar-refractivity contribution in [3.8, 4) is 28.2 Å². The minimum Gasteiger partial charge on any atom is -0.299 e. The Morgan fingerprint density at radius 3 is 2.31 bits per heavy atom. The van der Waals surface area contributed by atoms with Crippen LogP contribution >= 0.6 is 11.6 Å².